The molecule has 2 nitrogen and oxygen atoms in total. The zero-order valence-corrected chi connectivity index (χ0v) is 8.04. The van der Waals surface area contributed by atoms with Crippen LogP contribution in [0.4, 0.5) is 4.39 Å². The second kappa shape index (κ2) is 3.96. The van der Waals surface area contributed by atoms with E-state index in [1.165, 1.54) is 25.0 Å². The number of halogens is 1. The molecule has 0 amide bonds. The maximum absolute atomic E-state index is 12.7. The van der Waals surface area contributed by atoms with E-state index in [1.54, 1.807) is 6.07 Å². The van der Waals surface area contributed by atoms with Gasteiger partial charge in [0.25, 0.3) is 0 Å². The summed E-state index contributed by atoms with van der Waals surface area (Å²) in [6.07, 6.45) is 2.45. The van der Waals surface area contributed by atoms with Gasteiger partial charge < -0.3 is 5.11 Å². The summed E-state index contributed by atoms with van der Waals surface area (Å²) in [4.78, 5) is 2.27. The lowest BCUT2D eigenvalue weighted by molar-refractivity contribution is 0.323. The second-order valence-corrected chi connectivity index (χ2v) is 3.76. The van der Waals surface area contributed by atoms with Crippen molar-refractivity contribution in [2.45, 2.75) is 19.4 Å². The number of benzene rings is 1. The highest BCUT2D eigenvalue weighted by Crippen LogP contribution is 2.21. The quantitative estimate of drug-likeness (QED) is 0.781. The Kier molecular flexibility index (Phi) is 2.68. The normalized spacial score (nSPS) is 17.5. The highest BCUT2D eigenvalue weighted by atomic mass is 19.1. The van der Waals surface area contributed by atoms with Crippen molar-refractivity contribution in [2.75, 3.05) is 13.1 Å². The van der Waals surface area contributed by atoms with Gasteiger partial charge in [-0.25, -0.2) is 4.39 Å². The number of rotatable bonds is 2. The van der Waals surface area contributed by atoms with Gasteiger partial charge in [0, 0.05) is 18.2 Å². The summed E-state index contributed by atoms with van der Waals surface area (Å²) < 4.78 is 12.7. The van der Waals surface area contributed by atoms with Crippen molar-refractivity contribution in [3.05, 3.63) is 29.6 Å². The van der Waals surface area contributed by atoms with E-state index >= 15 is 0 Å². The lowest BCUT2D eigenvalue weighted by Crippen LogP contribution is -2.18. The Morgan fingerprint density at radius 2 is 2.00 bits per heavy atom. The van der Waals surface area contributed by atoms with Gasteiger partial charge >= 0.3 is 0 Å². The molecule has 1 aromatic rings. The number of likely N-dealkylation sites (tertiary alicyclic amines) is 1. The number of phenols is 1. The van der Waals surface area contributed by atoms with Gasteiger partial charge in [0.2, 0.25) is 0 Å². The van der Waals surface area contributed by atoms with Crippen molar-refractivity contribution in [1.82, 2.24) is 4.90 Å². The average Bonchev–Trinajstić information content (AvgIpc) is 2.62. The van der Waals surface area contributed by atoms with E-state index in [4.69, 9.17) is 0 Å². The van der Waals surface area contributed by atoms with Crippen LogP contribution in [0.5, 0.6) is 5.75 Å². The Hall–Kier alpha value is -1.09. The molecule has 0 aromatic heterocycles. The fourth-order valence-electron chi connectivity index (χ4n) is 1.85. The third-order valence-corrected chi connectivity index (χ3v) is 2.64. The number of hydrogen-bond donors (Lipinski definition) is 1. The summed E-state index contributed by atoms with van der Waals surface area (Å²) in [5.74, 6) is -0.315. The van der Waals surface area contributed by atoms with Crippen LogP contribution in [0.15, 0.2) is 18.2 Å². The topological polar surface area (TPSA) is 23.5 Å². The molecule has 0 spiro atoms. The molecule has 1 aliphatic rings. The van der Waals surface area contributed by atoms with Crippen LogP contribution in [0.2, 0.25) is 0 Å². The molecule has 1 aromatic carbocycles. The molecule has 0 radical (unpaired) electrons. The van der Waals surface area contributed by atoms with Gasteiger partial charge in [0.1, 0.15) is 11.6 Å². The summed E-state index contributed by atoms with van der Waals surface area (Å²) >= 11 is 0. The van der Waals surface area contributed by atoms with E-state index in [0.29, 0.717) is 0 Å². The van der Waals surface area contributed by atoms with Crippen molar-refractivity contribution in [3.8, 4) is 5.75 Å². The molecule has 3 heteroatoms. The third-order valence-electron chi connectivity index (χ3n) is 2.64. The molecule has 0 aliphatic carbocycles. The van der Waals surface area contributed by atoms with Crippen LogP contribution in [0, 0.1) is 5.82 Å². The van der Waals surface area contributed by atoms with Gasteiger partial charge in [-0.05, 0) is 32.0 Å². The Morgan fingerprint density at radius 3 is 2.64 bits per heavy atom. The predicted molar refractivity (Wildman–Crippen MR) is 52.6 cm³/mol. The lowest BCUT2D eigenvalue weighted by atomic mass is 10.2. The van der Waals surface area contributed by atoms with Crippen molar-refractivity contribution in [1.29, 1.82) is 0 Å². The molecule has 0 unspecified atom stereocenters. The molecular formula is C11H14FNO. The largest absolute Gasteiger partial charge is 0.508 e. The maximum atomic E-state index is 12.7. The molecule has 1 heterocycles. The molecule has 2 rings (SSSR count). The van der Waals surface area contributed by atoms with Crippen LogP contribution in [0.3, 0.4) is 0 Å². The Morgan fingerprint density at radius 1 is 1.29 bits per heavy atom. The molecule has 76 valence electrons. The van der Waals surface area contributed by atoms with Crippen LogP contribution in [0.1, 0.15) is 18.4 Å². The van der Waals surface area contributed by atoms with Crippen molar-refractivity contribution >= 4 is 0 Å². The SMILES string of the molecule is Oc1cc(F)ccc1CN1CCCC1. The van der Waals surface area contributed by atoms with Crippen LogP contribution < -0.4 is 0 Å². The van der Waals surface area contributed by atoms with E-state index in [-0.39, 0.29) is 11.6 Å². The molecule has 1 N–H and O–H groups in total. The van der Waals surface area contributed by atoms with Crippen LogP contribution in [-0.4, -0.2) is 23.1 Å². The van der Waals surface area contributed by atoms with Gasteiger partial charge in [-0.2, -0.15) is 0 Å². The monoisotopic (exact) mass is 195 g/mol. The highest BCUT2D eigenvalue weighted by molar-refractivity contribution is 5.32. The zero-order valence-electron chi connectivity index (χ0n) is 8.04. The van der Waals surface area contributed by atoms with Crippen molar-refractivity contribution in [2.24, 2.45) is 0 Å². The molecule has 0 bridgehead atoms. The van der Waals surface area contributed by atoms with Crippen molar-refractivity contribution in [3.63, 3.8) is 0 Å². The standard InChI is InChI=1S/C11H14FNO/c12-10-4-3-9(11(14)7-10)8-13-5-1-2-6-13/h3-4,7,14H,1-2,5-6,8H2. The second-order valence-electron chi connectivity index (χ2n) is 3.76. The summed E-state index contributed by atoms with van der Waals surface area (Å²) in [7, 11) is 0. The fourth-order valence-corrected chi connectivity index (χ4v) is 1.85. The molecule has 1 saturated heterocycles. The summed E-state index contributed by atoms with van der Waals surface area (Å²) in [5.41, 5.74) is 0.813. The fraction of sp³-hybridized carbons (Fsp3) is 0.455. The summed E-state index contributed by atoms with van der Waals surface area (Å²) in [6, 6.07) is 4.22. The first-order valence-corrected chi connectivity index (χ1v) is 4.95. The van der Waals surface area contributed by atoms with Crippen LogP contribution in [-0.2, 0) is 6.54 Å². The van der Waals surface area contributed by atoms with Crippen LogP contribution in [0.25, 0.3) is 0 Å². The zero-order chi connectivity index (χ0) is 9.97. The summed E-state index contributed by atoms with van der Waals surface area (Å²) in [6.45, 7) is 2.89. The smallest absolute Gasteiger partial charge is 0.126 e. The van der Waals surface area contributed by atoms with E-state index < -0.39 is 0 Å². The first-order chi connectivity index (χ1) is 6.75. The maximum Gasteiger partial charge on any atom is 0.126 e. The minimum Gasteiger partial charge on any atom is -0.508 e. The number of nitrogens with zero attached hydrogens (tertiary/aromatic N) is 1. The first-order valence-electron chi connectivity index (χ1n) is 4.95. The Bertz CT molecular complexity index is 321. The number of hydrogen-bond acceptors (Lipinski definition) is 2. The minimum absolute atomic E-state index is 0.0666. The van der Waals surface area contributed by atoms with Gasteiger partial charge in [0.05, 0.1) is 0 Å². The number of aromatic hydroxyl groups is 1. The Balaban J connectivity index is 2.08. The third kappa shape index (κ3) is 2.04. The summed E-state index contributed by atoms with van der Waals surface area (Å²) in [5, 5.41) is 9.49. The van der Waals surface area contributed by atoms with Crippen LogP contribution >= 0.6 is 0 Å². The van der Waals surface area contributed by atoms with Gasteiger partial charge in [-0.15, -0.1) is 0 Å². The van der Waals surface area contributed by atoms with Gasteiger partial charge in [0.15, 0.2) is 0 Å². The first kappa shape index (κ1) is 9.46. The van der Waals surface area contributed by atoms with Gasteiger partial charge in [-0.1, -0.05) is 6.07 Å². The molecule has 1 aliphatic heterocycles. The minimum atomic E-state index is -0.382. The molecule has 0 saturated carbocycles. The van der Waals surface area contributed by atoms with E-state index in [2.05, 4.69) is 4.90 Å². The van der Waals surface area contributed by atoms with E-state index in [0.717, 1.165) is 25.2 Å². The predicted octanol–water partition coefficient (Wildman–Crippen LogP) is 2.13. The molecule has 14 heavy (non-hydrogen) atoms. The van der Waals surface area contributed by atoms with E-state index in [9.17, 15) is 9.50 Å². The molecular weight excluding hydrogens is 181 g/mol. The Labute approximate surface area is 83.0 Å². The van der Waals surface area contributed by atoms with Gasteiger partial charge in [-0.3, -0.25) is 4.90 Å². The highest BCUT2D eigenvalue weighted by Gasteiger charge is 2.13. The van der Waals surface area contributed by atoms with E-state index in [1.807, 2.05) is 0 Å². The average molecular weight is 195 g/mol. The lowest BCUT2D eigenvalue weighted by Gasteiger charge is -2.15. The molecule has 1 fully saturated rings. The molecule has 0 atom stereocenters. The van der Waals surface area contributed by atoms with Crippen molar-refractivity contribution < 1.29 is 9.50 Å². The number of phenolic OH excluding ortho intramolecular Hbond substituents is 1.